The summed E-state index contributed by atoms with van der Waals surface area (Å²) in [5.74, 6) is -0.621. The Morgan fingerprint density at radius 1 is 1.32 bits per heavy atom. The molecule has 1 aromatic heterocycles. The van der Waals surface area contributed by atoms with Gasteiger partial charge in [0.2, 0.25) is 0 Å². The van der Waals surface area contributed by atoms with E-state index in [0.717, 1.165) is 0 Å². The van der Waals surface area contributed by atoms with E-state index in [4.69, 9.17) is 13.9 Å². The van der Waals surface area contributed by atoms with Gasteiger partial charge in [0.1, 0.15) is 17.4 Å². The van der Waals surface area contributed by atoms with Gasteiger partial charge in [-0.25, -0.2) is 4.79 Å². The molecule has 0 bridgehead atoms. The second-order valence-corrected chi connectivity index (χ2v) is 7.19. The number of hydrogen-bond acceptors (Lipinski definition) is 6. The van der Waals surface area contributed by atoms with Crippen LogP contribution in [0, 0.1) is 5.41 Å². The van der Waals surface area contributed by atoms with Crippen LogP contribution in [0.15, 0.2) is 22.8 Å². The molecule has 2 atom stereocenters. The van der Waals surface area contributed by atoms with Crippen LogP contribution in [0.2, 0.25) is 0 Å². The molecule has 0 aromatic carbocycles. The minimum atomic E-state index is -1.51. The average Bonchev–Trinajstić information content (AvgIpc) is 3.05. The van der Waals surface area contributed by atoms with E-state index >= 15 is 0 Å². The summed E-state index contributed by atoms with van der Waals surface area (Å²) in [4.78, 5) is 37.7. The van der Waals surface area contributed by atoms with Gasteiger partial charge in [-0.15, -0.1) is 0 Å². The fraction of sp³-hybridized carbons (Fsp3) is 0.611. The average molecular weight is 351 g/mol. The lowest BCUT2D eigenvalue weighted by molar-refractivity contribution is -0.163. The molecule has 0 saturated heterocycles. The van der Waals surface area contributed by atoms with Gasteiger partial charge in [-0.3, -0.25) is 9.59 Å². The number of carbonyl (C=O) groups is 3. The van der Waals surface area contributed by atoms with Crippen molar-refractivity contribution in [1.82, 2.24) is 5.32 Å². The number of ketones is 1. The van der Waals surface area contributed by atoms with Gasteiger partial charge in [-0.1, -0.05) is 6.42 Å². The van der Waals surface area contributed by atoms with Crippen LogP contribution in [0.25, 0.3) is 0 Å². The molecule has 1 aliphatic rings. The van der Waals surface area contributed by atoms with Crippen LogP contribution in [-0.4, -0.2) is 30.6 Å². The van der Waals surface area contributed by atoms with Crippen LogP contribution in [-0.2, 0) is 19.1 Å². The van der Waals surface area contributed by atoms with Crippen LogP contribution >= 0.6 is 0 Å². The Morgan fingerprint density at radius 3 is 2.56 bits per heavy atom. The molecule has 0 aliphatic heterocycles. The molecule has 7 heteroatoms. The van der Waals surface area contributed by atoms with E-state index in [9.17, 15) is 14.4 Å². The smallest absolute Gasteiger partial charge is 0.408 e. The lowest BCUT2D eigenvalue weighted by Gasteiger charge is -2.38. The van der Waals surface area contributed by atoms with Gasteiger partial charge in [-0.05, 0) is 45.7 Å². The third-order valence-corrected chi connectivity index (χ3v) is 4.25. The number of hydrogen-bond donors (Lipinski definition) is 1. The highest BCUT2D eigenvalue weighted by atomic mass is 16.6. The molecule has 0 radical (unpaired) electrons. The van der Waals surface area contributed by atoms with Gasteiger partial charge >= 0.3 is 12.1 Å². The number of methoxy groups -OCH3 is 1. The summed E-state index contributed by atoms with van der Waals surface area (Å²) in [5, 5.41) is 2.66. The van der Waals surface area contributed by atoms with Gasteiger partial charge < -0.3 is 19.2 Å². The van der Waals surface area contributed by atoms with E-state index in [-0.39, 0.29) is 18.6 Å². The van der Waals surface area contributed by atoms with Crippen molar-refractivity contribution in [3.63, 3.8) is 0 Å². The van der Waals surface area contributed by atoms with E-state index in [1.54, 1.807) is 32.9 Å². The second-order valence-electron chi connectivity index (χ2n) is 7.19. The Hall–Kier alpha value is -2.31. The quantitative estimate of drug-likeness (QED) is 0.661. The first-order chi connectivity index (χ1) is 11.7. The fourth-order valence-corrected chi connectivity index (χ4v) is 3.19. The van der Waals surface area contributed by atoms with Crippen molar-refractivity contribution in [2.24, 2.45) is 5.41 Å². The van der Waals surface area contributed by atoms with Crippen molar-refractivity contribution < 1.29 is 28.3 Å². The molecule has 138 valence electrons. The highest BCUT2D eigenvalue weighted by Crippen LogP contribution is 2.45. The van der Waals surface area contributed by atoms with Crippen molar-refractivity contribution in [3.8, 4) is 0 Å². The molecule has 0 spiro atoms. The molecule has 25 heavy (non-hydrogen) atoms. The van der Waals surface area contributed by atoms with Gasteiger partial charge in [0.05, 0.1) is 13.4 Å². The molecule has 0 unspecified atom stereocenters. The highest BCUT2D eigenvalue weighted by molar-refractivity contribution is 6.05. The predicted octanol–water partition coefficient (Wildman–Crippen LogP) is 3.15. The third kappa shape index (κ3) is 4.03. The Balaban J connectivity index is 2.43. The maximum atomic E-state index is 12.8. The van der Waals surface area contributed by atoms with Crippen LogP contribution in [0.3, 0.4) is 0 Å². The van der Waals surface area contributed by atoms with Gasteiger partial charge in [0.15, 0.2) is 11.2 Å². The number of ether oxygens (including phenoxy) is 2. The number of Topliss-reactive ketones (excluding diaryl/α,β-unsaturated/α-hetero) is 1. The summed E-state index contributed by atoms with van der Waals surface area (Å²) >= 11 is 0. The maximum absolute atomic E-state index is 12.8. The van der Waals surface area contributed by atoms with Gasteiger partial charge in [0, 0.05) is 6.42 Å². The zero-order valence-electron chi connectivity index (χ0n) is 15.1. The second kappa shape index (κ2) is 7.29. The summed E-state index contributed by atoms with van der Waals surface area (Å²) in [6.07, 6.45) is 2.61. The minimum absolute atomic E-state index is 0.252. The van der Waals surface area contributed by atoms with Crippen molar-refractivity contribution in [3.05, 3.63) is 24.2 Å². The Bertz CT molecular complexity index is 620. The van der Waals surface area contributed by atoms with Crippen molar-refractivity contribution >= 4 is 17.8 Å². The maximum Gasteiger partial charge on any atom is 0.408 e. The van der Waals surface area contributed by atoms with E-state index in [2.05, 4.69) is 5.32 Å². The molecule has 7 nitrogen and oxygen atoms in total. The van der Waals surface area contributed by atoms with Crippen molar-refractivity contribution in [2.45, 2.75) is 58.1 Å². The van der Waals surface area contributed by atoms with Crippen molar-refractivity contribution in [1.29, 1.82) is 0 Å². The molecular weight excluding hydrogens is 326 g/mol. The molecule has 1 aromatic rings. The summed E-state index contributed by atoms with van der Waals surface area (Å²) in [5.41, 5.74) is -2.23. The number of rotatable bonds is 4. The molecular formula is C18H25NO6. The predicted molar refractivity (Wildman–Crippen MR) is 88.7 cm³/mol. The molecule has 1 N–H and O–H groups in total. The molecule has 1 saturated carbocycles. The standard InChI is InChI=1S/C18H25NO6/c1-17(2,3)25-16(22)19-14(12-8-7-11-24-12)18(15(21)23-4)10-6-5-9-13(18)20/h7-8,11,14H,5-6,9-10H2,1-4H3,(H,19,22)/t14-,18-/m1/s1. The van der Waals surface area contributed by atoms with Crippen LogP contribution < -0.4 is 5.32 Å². The van der Waals surface area contributed by atoms with E-state index in [1.807, 2.05) is 0 Å². The Kier molecular flexibility index (Phi) is 5.55. The topological polar surface area (TPSA) is 94.8 Å². The highest BCUT2D eigenvalue weighted by Gasteiger charge is 2.56. The van der Waals surface area contributed by atoms with E-state index < -0.39 is 29.1 Å². The number of furan rings is 1. The Morgan fingerprint density at radius 2 is 2.04 bits per heavy atom. The minimum Gasteiger partial charge on any atom is -0.468 e. The zero-order valence-corrected chi connectivity index (χ0v) is 15.1. The van der Waals surface area contributed by atoms with E-state index in [0.29, 0.717) is 18.6 Å². The molecule has 1 fully saturated rings. The lowest BCUT2D eigenvalue weighted by atomic mass is 9.67. The first-order valence-corrected chi connectivity index (χ1v) is 8.35. The van der Waals surface area contributed by atoms with Crippen LogP contribution in [0.1, 0.15) is 58.3 Å². The van der Waals surface area contributed by atoms with Crippen LogP contribution in [0.4, 0.5) is 4.79 Å². The summed E-state index contributed by atoms with van der Waals surface area (Å²) < 4.78 is 15.6. The summed E-state index contributed by atoms with van der Waals surface area (Å²) in [7, 11) is 1.23. The SMILES string of the molecule is COC(=O)[C@]1([C@H](NC(=O)OC(C)(C)C)c2ccco2)CCCCC1=O. The van der Waals surface area contributed by atoms with Gasteiger partial charge in [0.25, 0.3) is 0 Å². The van der Waals surface area contributed by atoms with E-state index in [1.165, 1.54) is 13.4 Å². The summed E-state index contributed by atoms with van der Waals surface area (Å²) in [6, 6.07) is 2.27. The summed E-state index contributed by atoms with van der Waals surface area (Å²) in [6.45, 7) is 5.20. The monoisotopic (exact) mass is 351 g/mol. The number of esters is 1. The third-order valence-electron chi connectivity index (χ3n) is 4.25. The number of alkyl carbamates (subject to hydrolysis) is 1. The first kappa shape index (κ1) is 19.0. The normalized spacial score (nSPS) is 22.2. The molecule has 2 rings (SSSR count). The van der Waals surface area contributed by atoms with Gasteiger partial charge in [-0.2, -0.15) is 0 Å². The largest absolute Gasteiger partial charge is 0.468 e. The van der Waals surface area contributed by atoms with Crippen LogP contribution in [0.5, 0.6) is 0 Å². The molecule has 1 amide bonds. The molecule has 1 heterocycles. The molecule has 1 aliphatic carbocycles. The number of amides is 1. The lowest BCUT2D eigenvalue weighted by Crippen LogP contribution is -2.53. The first-order valence-electron chi connectivity index (χ1n) is 8.35. The zero-order chi connectivity index (χ0) is 18.7. The Labute approximate surface area is 147 Å². The number of nitrogens with one attached hydrogen (secondary N) is 1. The van der Waals surface area contributed by atoms with Crippen molar-refractivity contribution in [2.75, 3.05) is 7.11 Å². The fourth-order valence-electron chi connectivity index (χ4n) is 3.19. The number of carbonyl (C=O) groups excluding carboxylic acids is 3.